The second-order valence-electron chi connectivity index (χ2n) is 4.72. The van der Waals surface area contributed by atoms with E-state index in [2.05, 4.69) is 11.9 Å². The summed E-state index contributed by atoms with van der Waals surface area (Å²) in [4.78, 5) is 18.3. The van der Waals surface area contributed by atoms with Crippen molar-refractivity contribution in [2.45, 2.75) is 32.2 Å². The second kappa shape index (κ2) is 6.96. The fourth-order valence-corrected chi connectivity index (χ4v) is 2.94. The minimum atomic E-state index is -0.210. The van der Waals surface area contributed by atoms with Crippen molar-refractivity contribution in [3.8, 4) is 0 Å². The molecule has 1 aliphatic heterocycles. The molecule has 1 amide bonds. The van der Waals surface area contributed by atoms with Crippen LogP contribution in [0.3, 0.4) is 0 Å². The third-order valence-corrected chi connectivity index (χ3v) is 4.17. The molecule has 5 nitrogen and oxygen atoms in total. The Labute approximate surface area is 117 Å². The van der Waals surface area contributed by atoms with E-state index in [4.69, 9.17) is 10.2 Å². The second-order valence-corrected chi connectivity index (χ2v) is 5.95. The van der Waals surface area contributed by atoms with E-state index in [9.17, 15) is 4.79 Å². The number of amides is 1. The van der Waals surface area contributed by atoms with Crippen LogP contribution in [0.5, 0.6) is 0 Å². The number of thioether (sulfide) groups is 1. The highest BCUT2D eigenvalue weighted by Crippen LogP contribution is 2.18. The molecule has 1 saturated heterocycles. The SMILES string of the molecule is CCCCC(N)c1nc(C(=O)N2CCSCC2)co1. The third-order valence-electron chi connectivity index (χ3n) is 3.23. The maximum Gasteiger partial charge on any atom is 0.275 e. The van der Waals surface area contributed by atoms with Crippen LogP contribution in [0.1, 0.15) is 48.6 Å². The molecule has 2 N–H and O–H groups in total. The number of unbranched alkanes of at least 4 members (excludes halogenated alkanes) is 1. The molecule has 2 rings (SSSR count). The lowest BCUT2D eigenvalue weighted by molar-refractivity contribution is 0.0766. The lowest BCUT2D eigenvalue weighted by Gasteiger charge is -2.25. The van der Waals surface area contributed by atoms with Gasteiger partial charge in [0.2, 0.25) is 5.89 Å². The van der Waals surface area contributed by atoms with Gasteiger partial charge in [-0.25, -0.2) is 4.98 Å². The summed E-state index contributed by atoms with van der Waals surface area (Å²) in [6, 6.07) is -0.210. The van der Waals surface area contributed by atoms with Crippen LogP contribution < -0.4 is 5.73 Å². The topological polar surface area (TPSA) is 72.4 Å². The molecular formula is C13H21N3O2S. The molecule has 1 unspecified atom stereocenters. The minimum absolute atomic E-state index is 0.0435. The van der Waals surface area contributed by atoms with Crippen LogP contribution in [-0.2, 0) is 0 Å². The Balaban J connectivity index is 1.97. The van der Waals surface area contributed by atoms with Gasteiger partial charge in [0.15, 0.2) is 5.69 Å². The summed E-state index contributed by atoms with van der Waals surface area (Å²) in [5, 5.41) is 0. The van der Waals surface area contributed by atoms with E-state index in [1.807, 2.05) is 16.7 Å². The first-order valence-electron chi connectivity index (χ1n) is 6.80. The molecule has 0 spiro atoms. The fourth-order valence-electron chi connectivity index (χ4n) is 2.03. The van der Waals surface area contributed by atoms with E-state index in [-0.39, 0.29) is 11.9 Å². The number of hydrogen-bond donors (Lipinski definition) is 1. The lowest BCUT2D eigenvalue weighted by Crippen LogP contribution is -2.38. The minimum Gasteiger partial charge on any atom is -0.446 e. The monoisotopic (exact) mass is 283 g/mol. The molecule has 1 aromatic rings. The first-order valence-corrected chi connectivity index (χ1v) is 7.96. The molecule has 1 aliphatic rings. The molecule has 1 fully saturated rings. The highest BCUT2D eigenvalue weighted by molar-refractivity contribution is 7.99. The number of carbonyl (C=O) groups excluding carboxylic acids is 1. The Bertz CT molecular complexity index is 416. The Morgan fingerprint density at radius 3 is 3.00 bits per heavy atom. The summed E-state index contributed by atoms with van der Waals surface area (Å²) in [5.41, 5.74) is 6.37. The average Bonchev–Trinajstić information content (AvgIpc) is 2.94. The van der Waals surface area contributed by atoms with Crippen molar-refractivity contribution in [2.24, 2.45) is 5.73 Å². The van der Waals surface area contributed by atoms with Gasteiger partial charge in [0, 0.05) is 24.6 Å². The smallest absolute Gasteiger partial charge is 0.275 e. The zero-order valence-electron chi connectivity index (χ0n) is 11.3. The van der Waals surface area contributed by atoms with Crippen molar-refractivity contribution < 1.29 is 9.21 Å². The lowest BCUT2D eigenvalue weighted by atomic mass is 10.1. The first-order chi connectivity index (χ1) is 9.22. The summed E-state index contributed by atoms with van der Waals surface area (Å²) in [6.45, 7) is 3.69. The summed E-state index contributed by atoms with van der Waals surface area (Å²) < 4.78 is 5.35. The molecule has 106 valence electrons. The molecule has 19 heavy (non-hydrogen) atoms. The zero-order valence-corrected chi connectivity index (χ0v) is 12.1. The summed E-state index contributed by atoms with van der Waals surface area (Å²) >= 11 is 1.87. The maximum absolute atomic E-state index is 12.2. The fraction of sp³-hybridized carbons (Fsp3) is 0.692. The van der Waals surface area contributed by atoms with Crippen LogP contribution in [0.2, 0.25) is 0 Å². The molecule has 0 aliphatic carbocycles. The molecule has 0 bridgehead atoms. The zero-order chi connectivity index (χ0) is 13.7. The van der Waals surface area contributed by atoms with Gasteiger partial charge >= 0.3 is 0 Å². The van der Waals surface area contributed by atoms with E-state index < -0.39 is 0 Å². The molecule has 0 saturated carbocycles. The number of carbonyl (C=O) groups is 1. The van der Waals surface area contributed by atoms with Crippen LogP contribution in [-0.4, -0.2) is 40.4 Å². The van der Waals surface area contributed by atoms with E-state index in [1.165, 1.54) is 6.26 Å². The number of rotatable bonds is 5. The number of aromatic nitrogens is 1. The van der Waals surface area contributed by atoms with Gasteiger partial charge in [-0.15, -0.1) is 0 Å². The normalized spacial score (nSPS) is 17.5. The quantitative estimate of drug-likeness (QED) is 0.895. The summed E-state index contributed by atoms with van der Waals surface area (Å²) in [7, 11) is 0. The van der Waals surface area contributed by atoms with Gasteiger partial charge in [-0.05, 0) is 6.42 Å². The van der Waals surface area contributed by atoms with Crippen molar-refractivity contribution in [1.29, 1.82) is 0 Å². The van der Waals surface area contributed by atoms with E-state index >= 15 is 0 Å². The molecule has 1 aromatic heterocycles. The standard InChI is InChI=1S/C13H21N3O2S/c1-2-3-4-10(14)12-15-11(9-18-12)13(17)16-5-7-19-8-6-16/h9-10H,2-8,14H2,1H3. The van der Waals surface area contributed by atoms with E-state index in [0.717, 1.165) is 43.9 Å². The van der Waals surface area contributed by atoms with Gasteiger partial charge in [-0.3, -0.25) is 4.79 Å². The number of hydrogen-bond acceptors (Lipinski definition) is 5. The van der Waals surface area contributed by atoms with Crippen molar-refractivity contribution in [1.82, 2.24) is 9.88 Å². The van der Waals surface area contributed by atoms with Crippen LogP contribution in [0.25, 0.3) is 0 Å². The average molecular weight is 283 g/mol. The first kappa shape index (κ1) is 14.4. The molecule has 0 radical (unpaired) electrons. The highest BCUT2D eigenvalue weighted by atomic mass is 32.2. The van der Waals surface area contributed by atoms with Crippen LogP contribution in [0, 0.1) is 0 Å². The van der Waals surface area contributed by atoms with Gasteiger partial charge < -0.3 is 15.1 Å². The van der Waals surface area contributed by atoms with Crippen molar-refractivity contribution >= 4 is 17.7 Å². The van der Waals surface area contributed by atoms with Crippen LogP contribution >= 0.6 is 11.8 Å². The Kier molecular flexibility index (Phi) is 5.27. The Morgan fingerprint density at radius 2 is 2.32 bits per heavy atom. The molecule has 2 heterocycles. The predicted octanol–water partition coefficient (Wildman–Crippen LogP) is 2.05. The Hall–Kier alpha value is -1.01. The van der Waals surface area contributed by atoms with Crippen molar-refractivity contribution in [3.05, 3.63) is 17.8 Å². The molecule has 1 atom stereocenters. The maximum atomic E-state index is 12.2. The Morgan fingerprint density at radius 1 is 1.58 bits per heavy atom. The number of nitrogens with zero attached hydrogens (tertiary/aromatic N) is 2. The van der Waals surface area contributed by atoms with Crippen LogP contribution in [0.4, 0.5) is 0 Å². The van der Waals surface area contributed by atoms with Gasteiger partial charge in [-0.2, -0.15) is 11.8 Å². The summed E-state index contributed by atoms with van der Waals surface area (Å²) in [5.74, 6) is 2.42. The predicted molar refractivity (Wildman–Crippen MR) is 76.2 cm³/mol. The van der Waals surface area contributed by atoms with Crippen molar-refractivity contribution in [2.75, 3.05) is 24.6 Å². The van der Waals surface area contributed by atoms with Gasteiger partial charge in [-0.1, -0.05) is 19.8 Å². The highest BCUT2D eigenvalue weighted by Gasteiger charge is 2.22. The van der Waals surface area contributed by atoms with E-state index in [1.54, 1.807) is 0 Å². The molecule has 0 aromatic carbocycles. The third kappa shape index (κ3) is 3.73. The van der Waals surface area contributed by atoms with Crippen LogP contribution in [0.15, 0.2) is 10.7 Å². The molecular weight excluding hydrogens is 262 g/mol. The van der Waals surface area contributed by atoms with Crippen molar-refractivity contribution in [3.63, 3.8) is 0 Å². The number of nitrogens with two attached hydrogens (primary N) is 1. The van der Waals surface area contributed by atoms with Gasteiger partial charge in [0.25, 0.3) is 5.91 Å². The summed E-state index contributed by atoms with van der Waals surface area (Å²) in [6.07, 6.45) is 4.40. The number of oxazole rings is 1. The largest absolute Gasteiger partial charge is 0.446 e. The van der Waals surface area contributed by atoms with Gasteiger partial charge in [0.1, 0.15) is 6.26 Å². The molecule has 6 heteroatoms. The van der Waals surface area contributed by atoms with Gasteiger partial charge in [0.05, 0.1) is 6.04 Å². The van der Waals surface area contributed by atoms with E-state index in [0.29, 0.717) is 11.6 Å².